The highest BCUT2D eigenvalue weighted by molar-refractivity contribution is 5.51. The maximum atomic E-state index is 4.57. The molecule has 4 rings (SSSR count). The Morgan fingerprint density at radius 1 is 1.07 bits per heavy atom. The lowest BCUT2D eigenvalue weighted by Crippen LogP contribution is -2.43. The molecule has 148 valence electrons. The van der Waals surface area contributed by atoms with Crippen molar-refractivity contribution in [3.05, 3.63) is 60.2 Å². The van der Waals surface area contributed by atoms with Crippen LogP contribution in [0.2, 0.25) is 0 Å². The van der Waals surface area contributed by atoms with Gasteiger partial charge in [-0.1, -0.05) is 0 Å². The number of nitrogens with one attached hydrogen (secondary N) is 1. The minimum absolute atomic E-state index is 0.628. The highest BCUT2D eigenvalue weighted by atomic mass is 15.3. The normalized spacial score (nSPS) is 15.3. The number of piperidine rings is 1. The molecule has 1 saturated heterocycles. The number of anilines is 1. The summed E-state index contributed by atoms with van der Waals surface area (Å²) in [6, 6.07) is 13.5. The average Bonchev–Trinajstić information content (AvgIpc) is 3.35. The number of benzene rings is 1. The third-order valence-electron chi connectivity index (χ3n) is 5.52. The van der Waals surface area contributed by atoms with Gasteiger partial charge in [0.25, 0.3) is 0 Å². The molecule has 1 aromatic carbocycles. The molecule has 1 aliphatic rings. The Morgan fingerprint density at radius 3 is 2.46 bits per heavy atom. The van der Waals surface area contributed by atoms with Crippen molar-refractivity contribution < 1.29 is 0 Å². The molecule has 0 unspecified atom stereocenters. The number of aromatic nitrogens is 4. The summed E-state index contributed by atoms with van der Waals surface area (Å²) in [5, 5.41) is 12.5. The lowest BCUT2D eigenvalue weighted by atomic mass is 10.0. The molecule has 3 heterocycles. The largest absolute Gasteiger partial charge is 0.371 e. The summed E-state index contributed by atoms with van der Waals surface area (Å²) in [4.78, 5) is 2.49. The van der Waals surface area contributed by atoms with Gasteiger partial charge in [0, 0.05) is 49.5 Å². The third kappa shape index (κ3) is 4.44. The average molecular weight is 379 g/mol. The fourth-order valence-corrected chi connectivity index (χ4v) is 4.02. The van der Waals surface area contributed by atoms with Gasteiger partial charge in [-0.25, -0.2) is 4.68 Å². The Morgan fingerprint density at radius 2 is 1.82 bits per heavy atom. The summed E-state index contributed by atoms with van der Waals surface area (Å²) >= 11 is 0. The van der Waals surface area contributed by atoms with Crippen LogP contribution in [0, 0.1) is 13.8 Å². The molecule has 0 bridgehead atoms. The van der Waals surface area contributed by atoms with Gasteiger partial charge in [-0.15, -0.1) is 0 Å². The van der Waals surface area contributed by atoms with Crippen molar-refractivity contribution in [3.8, 4) is 5.69 Å². The molecular weight excluding hydrogens is 348 g/mol. The first kappa shape index (κ1) is 18.7. The molecule has 2 aromatic heterocycles. The van der Waals surface area contributed by atoms with Gasteiger partial charge in [0.2, 0.25) is 0 Å². The fraction of sp³-hybridized carbons (Fsp3) is 0.455. The Balaban J connectivity index is 1.24. The lowest BCUT2D eigenvalue weighted by molar-refractivity contribution is 0.404. The molecule has 6 heteroatoms. The minimum Gasteiger partial charge on any atom is -0.371 e. The number of aryl methyl sites for hydroxylation is 3. The molecule has 0 aliphatic carbocycles. The van der Waals surface area contributed by atoms with Crippen LogP contribution >= 0.6 is 0 Å². The Labute approximate surface area is 167 Å². The van der Waals surface area contributed by atoms with Crippen LogP contribution in [0.5, 0.6) is 0 Å². The molecule has 0 radical (unpaired) electrons. The molecular formula is C22H30N6. The number of hydrogen-bond donors (Lipinski definition) is 1. The summed E-state index contributed by atoms with van der Waals surface area (Å²) in [7, 11) is 0. The van der Waals surface area contributed by atoms with E-state index in [4.69, 9.17) is 0 Å². The van der Waals surface area contributed by atoms with E-state index in [0.29, 0.717) is 6.04 Å². The quantitative estimate of drug-likeness (QED) is 0.641. The Hall–Kier alpha value is -2.60. The van der Waals surface area contributed by atoms with E-state index in [0.717, 1.165) is 44.0 Å². The summed E-state index contributed by atoms with van der Waals surface area (Å²) in [5.74, 6) is 0. The van der Waals surface area contributed by atoms with Crippen molar-refractivity contribution in [2.24, 2.45) is 0 Å². The second-order valence-electron chi connectivity index (χ2n) is 7.69. The molecule has 1 N–H and O–H groups in total. The summed E-state index contributed by atoms with van der Waals surface area (Å²) in [5.41, 5.74) is 4.66. The monoisotopic (exact) mass is 378 g/mol. The third-order valence-corrected chi connectivity index (χ3v) is 5.52. The first-order valence-electron chi connectivity index (χ1n) is 10.3. The van der Waals surface area contributed by atoms with Gasteiger partial charge in [0.15, 0.2) is 0 Å². The maximum absolute atomic E-state index is 4.57. The number of hydrogen-bond acceptors (Lipinski definition) is 4. The molecule has 0 atom stereocenters. The number of nitrogens with zero attached hydrogens (tertiary/aromatic N) is 5. The zero-order valence-corrected chi connectivity index (χ0v) is 16.9. The van der Waals surface area contributed by atoms with E-state index >= 15 is 0 Å². The van der Waals surface area contributed by atoms with Crippen molar-refractivity contribution in [2.75, 3.05) is 24.5 Å². The minimum atomic E-state index is 0.628. The van der Waals surface area contributed by atoms with Crippen LogP contribution in [0.4, 0.5) is 5.69 Å². The van der Waals surface area contributed by atoms with E-state index in [1.807, 2.05) is 34.7 Å². The van der Waals surface area contributed by atoms with Gasteiger partial charge in [0.05, 0.1) is 11.4 Å². The molecule has 3 aromatic rings. The van der Waals surface area contributed by atoms with Gasteiger partial charge in [-0.2, -0.15) is 10.2 Å². The van der Waals surface area contributed by atoms with Crippen LogP contribution in [0.1, 0.15) is 30.7 Å². The van der Waals surface area contributed by atoms with Crippen molar-refractivity contribution in [1.29, 1.82) is 0 Å². The van der Waals surface area contributed by atoms with E-state index < -0.39 is 0 Å². The first-order chi connectivity index (χ1) is 13.7. The predicted octanol–water partition coefficient (Wildman–Crippen LogP) is 3.33. The zero-order valence-electron chi connectivity index (χ0n) is 16.9. The van der Waals surface area contributed by atoms with Crippen LogP contribution in [0.25, 0.3) is 5.69 Å². The topological polar surface area (TPSA) is 50.9 Å². The van der Waals surface area contributed by atoms with Crippen LogP contribution in [-0.4, -0.2) is 45.2 Å². The fourth-order valence-electron chi connectivity index (χ4n) is 4.02. The van der Waals surface area contributed by atoms with E-state index in [-0.39, 0.29) is 0 Å². The second kappa shape index (κ2) is 8.61. The molecule has 0 spiro atoms. The highest BCUT2D eigenvalue weighted by Crippen LogP contribution is 2.22. The summed E-state index contributed by atoms with van der Waals surface area (Å²) in [6.45, 7) is 8.39. The number of rotatable bonds is 7. The molecule has 1 aliphatic heterocycles. The van der Waals surface area contributed by atoms with Crippen molar-refractivity contribution in [1.82, 2.24) is 24.9 Å². The highest BCUT2D eigenvalue weighted by Gasteiger charge is 2.19. The molecule has 28 heavy (non-hydrogen) atoms. The molecule has 6 nitrogen and oxygen atoms in total. The lowest BCUT2D eigenvalue weighted by Gasteiger charge is -2.34. The van der Waals surface area contributed by atoms with Crippen LogP contribution in [0.15, 0.2) is 48.8 Å². The van der Waals surface area contributed by atoms with Gasteiger partial charge in [-0.05, 0) is 76.1 Å². The van der Waals surface area contributed by atoms with Crippen LogP contribution in [0.3, 0.4) is 0 Å². The predicted molar refractivity (Wildman–Crippen MR) is 113 cm³/mol. The maximum Gasteiger partial charge on any atom is 0.0650 e. The first-order valence-corrected chi connectivity index (χ1v) is 10.3. The molecule has 0 saturated carbocycles. The van der Waals surface area contributed by atoms with Crippen LogP contribution in [-0.2, 0) is 6.54 Å². The summed E-state index contributed by atoms with van der Waals surface area (Å²) in [6.07, 6.45) is 7.38. The standard InChI is InChI=1S/C22H30N6/c1-18-17-19(2)28(25-18)22-7-5-21(6-8-22)26-15-9-20(10-16-26)23-11-3-13-27-14-4-12-24-27/h4-8,12,14,17,20,23H,3,9-11,13,15-16H2,1-2H3. The summed E-state index contributed by atoms with van der Waals surface area (Å²) < 4.78 is 4.01. The van der Waals surface area contributed by atoms with Crippen molar-refractivity contribution in [3.63, 3.8) is 0 Å². The van der Waals surface area contributed by atoms with Gasteiger partial charge in [-0.3, -0.25) is 4.68 Å². The Bertz CT molecular complexity index is 857. The molecule has 0 amide bonds. The van der Waals surface area contributed by atoms with E-state index in [1.54, 1.807) is 0 Å². The van der Waals surface area contributed by atoms with Gasteiger partial charge >= 0.3 is 0 Å². The van der Waals surface area contributed by atoms with E-state index in [2.05, 4.69) is 57.7 Å². The van der Waals surface area contributed by atoms with E-state index in [1.165, 1.54) is 24.2 Å². The van der Waals surface area contributed by atoms with Gasteiger partial charge in [0.1, 0.15) is 0 Å². The van der Waals surface area contributed by atoms with Gasteiger partial charge < -0.3 is 10.2 Å². The SMILES string of the molecule is Cc1cc(C)n(-c2ccc(N3CCC(NCCCn4cccn4)CC3)cc2)n1. The smallest absolute Gasteiger partial charge is 0.0650 e. The zero-order chi connectivity index (χ0) is 19.3. The second-order valence-corrected chi connectivity index (χ2v) is 7.69. The molecule has 1 fully saturated rings. The Kier molecular flexibility index (Phi) is 5.76. The van der Waals surface area contributed by atoms with Crippen LogP contribution < -0.4 is 10.2 Å². The van der Waals surface area contributed by atoms with Crippen molar-refractivity contribution >= 4 is 5.69 Å². The van der Waals surface area contributed by atoms with Crippen molar-refractivity contribution in [2.45, 2.75) is 45.7 Å². The van der Waals surface area contributed by atoms with E-state index in [9.17, 15) is 0 Å².